The first-order valence-electron chi connectivity index (χ1n) is 8.72. The number of hydrogen-bond acceptors (Lipinski definition) is 2. The van der Waals surface area contributed by atoms with E-state index in [4.69, 9.17) is 4.42 Å². The largest absolute Gasteiger partial charge is 0.455 e. The summed E-state index contributed by atoms with van der Waals surface area (Å²) in [6, 6.07) is 33.1. The molecule has 0 aliphatic carbocycles. The van der Waals surface area contributed by atoms with Gasteiger partial charge in [-0.1, -0.05) is 66.7 Å². The van der Waals surface area contributed by atoms with Crippen molar-refractivity contribution in [3.8, 4) is 11.1 Å². The molecule has 1 N–H and O–H groups in total. The van der Waals surface area contributed by atoms with Gasteiger partial charge in [-0.2, -0.15) is 0 Å². The van der Waals surface area contributed by atoms with E-state index in [1.807, 2.05) is 36.4 Å². The second-order valence-electron chi connectivity index (χ2n) is 6.32. The third-order valence-electron chi connectivity index (χ3n) is 4.66. The summed E-state index contributed by atoms with van der Waals surface area (Å²) >= 11 is 0. The third kappa shape index (κ3) is 2.44. The van der Waals surface area contributed by atoms with Crippen molar-refractivity contribution < 1.29 is 4.42 Å². The van der Waals surface area contributed by atoms with Gasteiger partial charge in [-0.25, -0.2) is 0 Å². The van der Waals surface area contributed by atoms with Crippen LogP contribution in [-0.4, -0.2) is 0 Å². The van der Waals surface area contributed by atoms with Gasteiger partial charge in [0.25, 0.3) is 0 Å². The van der Waals surface area contributed by atoms with Gasteiger partial charge in [-0.3, -0.25) is 0 Å². The number of anilines is 2. The maximum absolute atomic E-state index is 6.28. The second kappa shape index (κ2) is 6.08. The van der Waals surface area contributed by atoms with E-state index in [1.165, 1.54) is 0 Å². The van der Waals surface area contributed by atoms with Crippen molar-refractivity contribution in [3.63, 3.8) is 0 Å². The van der Waals surface area contributed by atoms with Gasteiger partial charge < -0.3 is 9.73 Å². The first-order chi connectivity index (χ1) is 12.9. The molecule has 4 aromatic carbocycles. The van der Waals surface area contributed by atoms with Crippen LogP contribution in [0, 0.1) is 0 Å². The first kappa shape index (κ1) is 14.8. The van der Waals surface area contributed by atoms with Gasteiger partial charge in [0.2, 0.25) is 0 Å². The lowest BCUT2D eigenvalue weighted by molar-refractivity contribution is 0.670. The Labute approximate surface area is 151 Å². The van der Waals surface area contributed by atoms with E-state index < -0.39 is 0 Å². The molecule has 124 valence electrons. The van der Waals surface area contributed by atoms with Crippen LogP contribution < -0.4 is 5.32 Å². The molecule has 26 heavy (non-hydrogen) atoms. The molecule has 0 saturated carbocycles. The number of benzene rings is 4. The van der Waals surface area contributed by atoms with Gasteiger partial charge in [-0.15, -0.1) is 0 Å². The molecule has 1 heterocycles. The highest BCUT2D eigenvalue weighted by Gasteiger charge is 2.15. The summed E-state index contributed by atoms with van der Waals surface area (Å²) in [6.07, 6.45) is 0. The minimum absolute atomic E-state index is 0.905. The highest BCUT2D eigenvalue weighted by atomic mass is 16.3. The monoisotopic (exact) mass is 335 g/mol. The molecule has 1 aromatic heterocycles. The number of rotatable bonds is 3. The maximum Gasteiger partial charge on any atom is 0.145 e. The molecule has 0 amide bonds. The molecule has 2 heteroatoms. The molecular formula is C24H17NO. The molecule has 0 atom stereocenters. The fraction of sp³-hybridized carbons (Fsp3) is 0. The molecule has 0 fully saturated rings. The molecule has 0 unspecified atom stereocenters. The summed E-state index contributed by atoms with van der Waals surface area (Å²) in [7, 11) is 0. The lowest BCUT2D eigenvalue weighted by Crippen LogP contribution is -1.91. The summed E-state index contributed by atoms with van der Waals surface area (Å²) in [4.78, 5) is 0. The average molecular weight is 335 g/mol. The summed E-state index contributed by atoms with van der Waals surface area (Å²) < 4.78 is 6.28. The van der Waals surface area contributed by atoms with Crippen LogP contribution in [0.4, 0.5) is 11.4 Å². The highest BCUT2D eigenvalue weighted by Crippen LogP contribution is 2.40. The SMILES string of the molecule is c1ccc(Nc2ccc(-c3ccccc3)c3oc4ccccc4c23)cc1. The summed E-state index contributed by atoms with van der Waals surface area (Å²) in [5.74, 6) is 0. The van der Waals surface area contributed by atoms with Crippen molar-refractivity contribution in [2.45, 2.75) is 0 Å². The fourth-order valence-corrected chi connectivity index (χ4v) is 3.45. The van der Waals surface area contributed by atoms with Crippen LogP contribution in [0.3, 0.4) is 0 Å². The van der Waals surface area contributed by atoms with Crippen molar-refractivity contribution in [1.29, 1.82) is 0 Å². The molecule has 0 radical (unpaired) electrons. The molecule has 5 rings (SSSR count). The molecule has 0 saturated heterocycles. The standard InChI is InChI=1S/C24H17NO/c1-3-9-17(10-4-1)19-15-16-21(25-18-11-5-2-6-12-18)23-20-13-7-8-14-22(20)26-24(19)23/h1-16,25H. The molecule has 0 bridgehead atoms. The Kier molecular flexibility index (Phi) is 3.46. The predicted octanol–water partition coefficient (Wildman–Crippen LogP) is 7.00. The number of nitrogens with one attached hydrogen (secondary N) is 1. The van der Waals surface area contributed by atoms with Crippen LogP contribution in [0.2, 0.25) is 0 Å². The molecule has 0 aliphatic heterocycles. The molecular weight excluding hydrogens is 318 g/mol. The maximum atomic E-state index is 6.28. The lowest BCUT2D eigenvalue weighted by atomic mass is 10.0. The van der Waals surface area contributed by atoms with Crippen molar-refractivity contribution in [1.82, 2.24) is 0 Å². The van der Waals surface area contributed by atoms with Crippen LogP contribution in [0.1, 0.15) is 0 Å². The fourth-order valence-electron chi connectivity index (χ4n) is 3.45. The van der Waals surface area contributed by atoms with E-state index in [1.54, 1.807) is 0 Å². The zero-order valence-electron chi connectivity index (χ0n) is 14.1. The van der Waals surface area contributed by atoms with E-state index in [9.17, 15) is 0 Å². The van der Waals surface area contributed by atoms with Gasteiger partial charge in [0, 0.05) is 16.6 Å². The third-order valence-corrected chi connectivity index (χ3v) is 4.66. The van der Waals surface area contributed by atoms with Crippen molar-refractivity contribution in [2.24, 2.45) is 0 Å². The summed E-state index contributed by atoms with van der Waals surface area (Å²) in [5, 5.41) is 5.78. The van der Waals surface area contributed by atoms with Gasteiger partial charge in [0.05, 0.1) is 11.1 Å². The zero-order valence-corrected chi connectivity index (χ0v) is 14.1. The van der Waals surface area contributed by atoms with Gasteiger partial charge in [0.15, 0.2) is 0 Å². The lowest BCUT2D eigenvalue weighted by Gasteiger charge is -2.10. The van der Waals surface area contributed by atoms with Crippen LogP contribution >= 0.6 is 0 Å². The van der Waals surface area contributed by atoms with Gasteiger partial charge >= 0.3 is 0 Å². The normalized spacial score (nSPS) is 11.1. The van der Waals surface area contributed by atoms with E-state index in [0.29, 0.717) is 0 Å². The Bertz CT molecular complexity index is 1190. The predicted molar refractivity (Wildman–Crippen MR) is 109 cm³/mol. The summed E-state index contributed by atoms with van der Waals surface area (Å²) in [5.41, 5.74) is 6.20. The van der Waals surface area contributed by atoms with Crippen LogP contribution in [-0.2, 0) is 0 Å². The molecule has 0 spiro atoms. The Morgan fingerprint density at radius 2 is 1.31 bits per heavy atom. The molecule has 0 aliphatic rings. The minimum atomic E-state index is 0.905. The Balaban J connectivity index is 1.79. The Hall–Kier alpha value is -3.52. The van der Waals surface area contributed by atoms with E-state index >= 15 is 0 Å². The van der Waals surface area contributed by atoms with Crippen LogP contribution in [0.15, 0.2) is 101 Å². The minimum Gasteiger partial charge on any atom is -0.455 e. The van der Waals surface area contributed by atoms with Crippen molar-refractivity contribution in [3.05, 3.63) is 97.1 Å². The smallest absolute Gasteiger partial charge is 0.145 e. The van der Waals surface area contributed by atoms with Crippen molar-refractivity contribution in [2.75, 3.05) is 5.32 Å². The number of para-hydroxylation sites is 2. The molecule has 5 aromatic rings. The second-order valence-corrected chi connectivity index (χ2v) is 6.32. The van der Waals surface area contributed by atoms with Gasteiger partial charge in [-0.05, 0) is 35.9 Å². The molecule has 2 nitrogen and oxygen atoms in total. The Morgan fingerprint density at radius 1 is 0.615 bits per heavy atom. The van der Waals surface area contributed by atoms with Gasteiger partial charge in [0.1, 0.15) is 11.2 Å². The van der Waals surface area contributed by atoms with Crippen LogP contribution in [0.25, 0.3) is 33.1 Å². The van der Waals surface area contributed by atoms with E-state index in [-0.39, 0.29) is 0 Å². The average Bonchev–Trinajstić information content (AvgIpc) is 3.10. The van der Waals surface area contributed by atoms with E-state index in [0.717, 1.165) is 44.4 Å². The topological polar surface area (TPSA) is 25.2 Å². The van der Waals surface area contributed by atoms with E-state index in [2.05, 4.69) is 66.0 Å². The van der Waals surface area contributed by atoms with Crippen LogP contribution in [0.5, 0.6) is 0 Å². The highest BCUT2D eigenvalue weighted by molar-refractivity contribution is 6.15. The summed E-state index contributed by atoms with van der Waals surface area (Å²) in [6.45, 7) is 0. The van der Waals surface area contributed by atoms with Crippen molar-refractivity contribution >= 4 is 33.3 Å². The quantitative estimate of drug-likeness (QED) is 0.384. The number of fused-ring (bicyclic) bond motifs is 3. The Morgan fingerprint density at radius 3 is 2.12 bits per heavy atom. The first-order valence-corrected chi connectivity index (χ1v) is 8.72. The number of hydrogen-bond donors (Lipinski definition) is 1. The number of furan rings is 1. The zero-order chi connectivity index (χ0) is 17.3.